The maximum atomic E-state index is 13.4. The molecule has 2 aromatic rings. The first-order chi connectivity index (χ1) is 12.1. The summed E-state index contributed by atoms with van der Waals surface area (Å²) in [7, 11) is 1.78. The summed E-state index contributed by atoms with van der Waals surface area (Å²) in [5.74, 6) is 1.36. The van der Waals surface area contributed by atoms with Gasteiger partial charge in [0.25, 0.3) is 0 Å². The molecule has 6 heteroatoms. The summed E-state index contributed by atoms with van der Waals surface area (Å²) in [5, 5.41) is 7.66. The van der Waals surface area contributed by atoms with E-state index in [1.54, 1.807) is 13.1 Å². The number of fused-ring (bicyclic) bond motifs is 1. The van der Waals surface area contributed by atoms with Gasteiger partial charge in [-0.15, -0.1) is 0 Å². The van der Waals surface area contributed by atoms with E-state index in [0.717, 1.165) is 47.3 Å². The number of likely N-dealkylation sites (tertiary alicyclic amines) is 1. The van der Waals surface area contributed by atoms with Crippen molar-refractivity contribution in [2.45, 2.75) is 44.8 Å². The third kappa shape index (κ3) is 3.49. The Balaban J connectivity index is 1.37. The van der Waals surface area contributed by atoms with Gasteiger partial charge < -0.3 is 15.1 Å². The zero-order chi connectivity index (χ0) is 17.4. The molecule has 2 aliphatic rings. The van der Waals surface area contributed by atoms with Crippen molar-refractivity contribution >= 4 is 16.9 Å². The Kier molecular flexibility index (Phi) is 4.37. The van der Waals surface area contributed by atoms with Crippen LogP contribution in [-0.4, -0.2) is 43.1 Å². The molecule has 2 fully saturated rings. The molecule has 1 saturated carbocycles. The fourth-order valence-electron chi connectivity index (χ4n) is 3.64. The SMILES string of the molecule is CN=C(NCc1oc2ccc(F)cc2c1C)NC1CCN(C2CC2)C1. The molecule has 1 aromatic heterocycles. The summed E-state index contributed by atoms with van der Waals surface area (Å²) in [6.07, 6.45) is 3.86. The lowest BCUT2D eigenvalue weighted by Gasteiger charge is -2.18. The highest BCUT2D eigenvalue weighted by molar-refractivity contribution is 5.83. The van der Waals surface area contributed by atoms with E-state index in [2.05, 4.69) is 20.5 Å². The van der Waals surface area contributed by atoms with Gasteiger partial charge in [0.05, 0.1) is 6.54 Å². The molecule has 1 unspecified atom stereocenters. The summed E-state index contributed by atoms with van der Waals surface area (Å²) in [5.41, 5.74) is 1.69. The van der Waals surface area contributed by atoms with Crippen molar-refractivity contribution < 1.29 is 8.81 Å². The summed E-state index contributed by atoms with van der Waals surface area (Å²) >= 11 is 0. The highest BCUT2D eigenvalue weighted by Crippen LogP contribution is 2.30. The van der Waals surface area contributed by atoms with Crippen LogP contribution in [0.1, 0.15) is 30.6 Å². The van der Waals surface area contributed by atoms with E-state index in [4.69, 9.17) is 4.42 Å². The summed E-state index contributed by atoms with van der Waals surface area (Å²) in [6.45, 7) is 4.76. The average molecular weight is 344 g/mol. The number of halogens is 1. The van der Waals surface area contributed by atoms with Gasteiger partial charge >= 0.3 is 0 Å². The Morgan fingerprint density at radius 3 is 2.96 bits per heavy atom. The number of hydrogen-bond acceptors (Lipinski definition) is 3. The predicted octanol–water partition coefficient (Wildman–Crippen LogP) is 2.78. The molecule has 0 spiro atoms. The largest absolute Gasteiger partial charge is 0.459 e. The second-order valence-corrected chi connectivity index (χ2v) is 7.07. The van der Waals surface area contributed by atoms with Gasteiger partial charge in [0, 0.05) is 43.2 Å². The Bertz CT molecular complexity index is 796. The molecular weight excluding hydrogens is 319 g/mol. The maximum absolute atomic E-state index is 13.4. The minimum atomic E-state index is -0.241. The van der Waals surface area contributed by atoms with Crippen LogP contribution in [0.15, 0.2) is 27.6 Å². The molecule has 1 aromatic carbocycles. The van der Waals surface area contributed by atoms with E-state index >= 15 is 0 Å². The third-order valence-corrected chi connectivity index (χ3v) is 5.26. The quantitative estimate of drug-likeness (QED) is 0.661. The van der Waals surface area contributed by atoms with Gasteiger partial charge in [-0.05, 0) is 44.4 Å². The van der Waals surface area contributed by atoms with Crippen molar-refractivity contribution in [3.8, 4) is 0 Å². The van der Waals surface area contributed by atoms with Crippen LogP contribution in [0.25, 0.3) is 11.0 Å². The van der Waals surface area contributed by atoms with Crippen LogP contribution in [0.4, 0.5) is 4.39 Å². The van der Waals surface area contributed by atoms with Crippen LogP contribution in [0.3, 0.4) is 0 Å². The number of aliphatic imine (C=N–C) groups is 1. The van der Waals surface area contributed by atoms with Crippen molar-refractivity contribution in [2.24, 2.45) is 4.99 Å². The zero-order valence-electron chi connectivity index (χ0n) is 14.8. The number of furan rings is 1. The van der Waals surface area contributed by atoms with E-state index < -0.39 is 0 Å². The van der Waals surface area contributed by atoms with Crippen LogP contribution in [-0.2, 0) is 6.54 Å². The fraction of sp³-hybridized carbons (Fsp3) is 0.526. The van der Waals surface area contributed by atoms with Crippen LogP contribution in [0.2, 0.25) is 0 Å². The number of nitrogens with zero attached hydrogens (tertiary/aromatic N) is 2. The Labute approximate surface area is 147 Å². The fourth-order valence-corrected chi connectivity index (χ4v) is 3.64. The minimum Gasteiger partial charge on any atom is -0.459 e. The highest BCUT2D eigenvalue weighted by atomic mass is 19.1. The molecule has 2 N–H and O–H groups in total. The van der Waals surface area contributed by atoms with Crippen LogP contribution < -0.4 is 10.6 Å². The summed E-state index contributed by atoms with van der Waals surface area (Å²) in [4.78, 5) is 6.90. The van der Waals surface area contributed by atoms with E-state index in [0.29, 0.717) is 12.6 Å². The van der Waals surface area contributed by atoms with Crippen molar-refractivity contribution in [3.05, 3.63) is 35.3 Å². The van der Waals surface area contributed by atoms with Crippen molar-refractivity contribution in [1.82, 2.24) is 15.5 Å². The molecule has 1 aliphatic heterocycles. The van der Waals surface area contributed by atoms with Crippen LogP contribution >= 0.6 is 0 Å². The van der Waals surface area contributed by atoms with Crippen LogP contribution in [0.5, 0.6) is 0 Å². The Morgan fingerprint density at radius 1 is 1.36 bits per heavy atom. The van der Waals surface area contributed by atoms with Gasteiger partial charge in [-0.25, -0.2) is 4.39 Å². The maximum Gasteiger partial charge on any atom is 0.191 e. The molecule has 134 valence electrons. The molecule has 0 amide bonds. The molecule has 1 aliphatic carbocycles. The lowest BCUT2D eigenvalue weighted by molar-refractivity contribution is 0.321. The van der Waals surface area contributed by atoms with Crippen LogP contribution in [0, 0.1) is 12.7 Å². The first-order valence-corrected chi connectivity index (χ1v) is 9.03. The molecule has 2 heterocycles. The highest BCUT2D eigenvalue weighted by Gasteiger charge is 2.34. The van der Waals surface area contributed by atoms with E-state index in [9.17, 15) is 4.39 Å². The van der Waals surface area contributed by atoms with Gasteiger partial charge in [-0.2, -0.15) is 0 Å². The topological polar surface area (TPSA) is 52.8 Å². The summed E-state index contributed by atoms with van der Waals surface area (Å²) < 4.78 is 19.3. The first kappa shape index (κ1) is 16.4. The average Bonchev–Trinajstić information content (AvgIpc) is 3.29. The lowest BCUT2D eigenvalue weighted by Crippen LogP contribution is -2.44. The Morgan fingerprint density at radius 2 is 2.20 bits per heavy atom. The summed E-state index contributed by atoms with van der Waals surface area (Å²) in [6, 6.07) is 5.89. The van der Waals surface area contributed by atoms with Crippen molar-refractivity contribution in [2.75, 3.05) is 20.1 Å². The molecule has 1 atom stereocenters. The Hall–Kier alpha value is -2.08. The molecule has 5 nitrogen and oxygen atoms in total. The number of guanidine groups is 1. The van der Waals surface area contributed by atoms with Gasteiger partial charge in [-0.1, -0.05) is 0 Å². The van der Waals surface area contributed by atoms with Gasteiger partial charge in [0.2, 0.25) is 0 Å². The molecule has 1 saturated heterocycles. The van der Waals surface area contributed by atoms with E-state index in [1.807, 2.05) is 6.92 Å². The number of rotatable bonds is 4. The standard InChI is InChI=1S/C19H25FN4O/c1-12-16-9-13(20)3-6-17(16)25-18(12)10-22-19(21-2)23-14-7-8-24(11-14)15-4-5-15/h3,6,9,14-15H,4-5,7-8,10-11H2,1-2H3,(H2,21,22,23). The van der Waals surface area contributed by atoms with Gasteiger partial charge in [-0.3, -0.25) is 9.89 Å². The number of aryl methyl sites for hydroxylation is 1. The first-order valence-electron chi connectivity index (χ1n) is 9.03. The van der Waals surface area contributed by atoms with Crippen molar-refractivity contribution in [3.63, 3.8) is 0 Å². The van der Waals surface area contributed by atoms with E-state index in [1.165, 1.54) is 31.5 Å². The number of nitrogens with one attached hydrogen (secondary N) is 2. The van der Waals surface area contributed by atoms with Crippen molar-refractivity contribution in [1.29, 1.82) is 0 Å². The van der Waals surface area contributed by atoms with E-state index in [-0.39, 0.29) is 5.82 Å². The normalized spacial score (nSPS) is 21.9. The number of benzene rings is 1. The smallest absolute Gasteiger partial charge is 0.191 e. The second kappa shape index (κ2) is 6.67. The second-order valence-electron chi connectivity index (χ2n) is 7.07. The molecule has 4 rings (SSSR count). The minimum absolute atomic E-state index is 0.241. The molecule has 25 heavy (non-hydrogen) atoms. The molecular formula is C19H25FN4O. The number of hydrogen-bond donors (Lipinski definition) is 2. The zero-order valence-corrected chi connectivity index (χ0v) is 14.8. The molecule has 0 radical (unpaired) electrons. The van der Waals surface area contributed by atoms with Gasteiger partial charge in [0.1, 0.15) is 17.2 Å². The third-order valence-electron chi connectivity index (χ3n) is 5.26. The lowest BCUT2D eigenvalue weighted by atomic mass is 10.1. The molecule has 0 bridgehead atoms. The van der Waals surface area contributed by atoms with Gasteiger partial charge in [0.15, 0.2) is 5.96 Å². The monoisotopic (exact) mass is 344 g/mol. The predicted molar refractivity (Wildman–Crippen MR) is 97.2 cm³/mol.